The molecule has 0 fully saturated rings. The summed E-state index contributed by atoms with van der Waals surface area (Å²) in [5.41, 5.74) is 3.75. The van der Waals surface area contributed by atoms with Gasteiger partial charge >= 0.3 is 0 Å². The summed E-state index contributed by atoms with van der Waals surface area (Å²) < 4.78 is 0.918. The van der Waals surface area contributed by atoms with Crippen LogP contribution in [-0.4, -0.2) is 12.5 Å². The van der Waals surface area contributed by atoms with Crippen molar-refractivity contribution in [1.29, 1.82) is 0 Å². The smallest absolute Gasteiger partial charge is 0.258 e. The van der Waals surface area contributed by atoms with Gasteiger partial charge < -0.3 is 10.6 Å². The molecule has 1 aliphatic heterocycles. The third kappa shape index (κ3) is 2.83. The number of amides is 1. The normalized spacial score (nSPS) is 13.9. The van der Waals surface area contributed by atoms with Crippen molar-refractivity contribution >= 4 is 46.1 Å². The summed E-state index contributed by atoms with van der Waals surface area (Å²) in [5.74, 6) is -0.234. The van der Waals surface area contributed by atoms with Crippen molar-refractivity contribution in [3.05, 3.63) is 49.6 Å². The summed E-state index contributed by atoms with van der Waals surface area (Å²) >= 11 is 13.0. The Kier molecular flexibility index (Phi) is 3.98. The minimum Gasteiger partial charge on any atom is -0.322 e. The van der Waals surface area contributed by atoms with E-state index >= 15 is 0 Å². The van der Waals surface area contributed by atoms with E-state index in [-0.39, 0.29) is 5.91 Å². The van der Waals surface area contributed by atoms with Crippen LogP contribution in [0.25, 0.3) is 0 Å². The molecule has 2 N–H and O–H groups in total. The zero-order valence-electron chi connectivity index (χ0n) is 10.5. The van der Waals surface area contributed by atoms with Crippen LogP contribution >= 0.6 is 34.5 Å². The summed E-state index contributed by atoms with van der Waals surface area (Å²) in [6, 6.07) is 7.57. The van der Waals surface area contributed by atoms with Gasteiger partial charge in [-0.1, -0.05) is 29.3 Å². The highest BCUT2D eigenvalue weighted by Crippen LogP contribution is 2.31. The largest absolute Gasteiger partial charge is 0.322 e. The van der Waals surface area contributed by atoms with Crippen LogP contribution in [0.5, 0.6) is 0 Å². The van der Waals surface area contributed by atoms with Crippen LogP contribution in [0.2, 0.25) is 8.67 Å². The van der Waals surface area contributed by atoms with Crippen LogP contribution in [0, 0.1) is 0 Å². The van der Waals surface area contributed by atoms with Gasteiger partial charge in [0.05, 0.1) is 9.90 Å². The van der Waals surface area contributed by atoms with Gasteiger partial charge in [-0.2, -0.15) is 0 Å². The first-order valence-corrected chi connectivity index (χ1v) is 7.79. The molecular formula is C14H12Cl2N2OS. The summed E-state index contributed by atoms with van der Waals surface area (Å²) in [5, 5.41) is 6.18. The fraction of sp³-hybridized carbons (Fsp3) is 0.214. The first-order chi connectivity index (χ1) is 9.63. The van der Waals surface area contributed by atoms with E-state index in [1.165, 1.54) is 22.5 Å². The van der Waals surface area contributed by atoms with E-state index in [1.807, 2.05) is 12.1 Å². The lowest BCUT2D eigenvalue weighted by atomic mass is 10.0. The van der Waals surface area contributed by atoms with E-state index < -0.39 is 0 Å². The predicted octanol–water partition coefficient (Wildman–Crippen LogP) is 3.95. The number of nitrogens with one attached hydrogen (secondary N) is 2. The molecular weight excluding hydrogens is 315 g/mol. The zero-order chi connectivity index (χ0) is 14.1. The van der Waals surface area contributed by atoms with E-state index in [4.69, 9.17) is 23.2 Å². The van der Waals surface area contributed by atoms with Crippen molar-refractivity contribution in [2.75, 3.05) is 11.9 Å². The van der Waals surface area contributed by atoms with Crippen molar-refractivity contribution in [2.24, 2.45) is 0 Å². The van der Waals surface area contributed by atoms with Crippen LogP contribution in [-0.2, 0) is 13.0 Å². The molecule has 0 saturated carbocycles. The second-order valence-corrected chi connectivity index (χ2v) is 6.89. The Balaban J connectivity index is 1.81. The van der Waals surface area contributed by atoms with E-state index in [2.05, 4.69) is 16.7 Å². The minimum absolute atomic E-state index is 0.234. The quantitative estimate of drug-likeness (QED) is 0.877. The summed E-state index contributed by atoms with van der Waals surface area (Å²) in [6.07, 6.45) is 1.02. The summed E-state index contributed by atoms with van der Waals surface area (Å²) in [7, 11) is 0. The lowest BCUT2D eigenvalue weighted by molar-refractivity contribution is 0.102. The average molecular weight is 327 g/mol. The lowest BCUT2D eigenvalue weighted by Crippen LogP contribution is -2.23. The van der Waals surface area contributed by atoms with Gasteiger partial charge in [0.2, 0.25) is 0 Å². The molecule has 1 amide bonds. The molecule has 3 rings (SSSR count). The molecule has 1 aromatic carbocycles. The monoisotopic (exact) mass is 326 g/mol. The molecule has 104 valence electrons. The van der Waals surface area contributed by atoms with Crippen molar-refractivity contribution in [1.82, 2.24) is 5.32 Å². The van der Waals surface area contributed by atoms with Gasteiger partial charge in [-0.15, -0.1) is 11.3 Å². The highest BCUT2D eigenvalue weighted by Gasteiger charge is 2.15. The number of carbonyl (C=O) groups is 1. The topological polar surface area (TPSA) is 41.1 Å². The lowest BCUT2D eigenvalue weighted by Gasteiger charge is -2.18. The first-order valence-electron chi connectivity index (χ1n) is 6.22. The van der Waals surface area contributed by atoms with Crippen molar-refractivity contribution in [3.8, 4) is 0 Å². The second-order valence-electron chi connectivity index (χ2n) is 4.60. The average Bonchev–Trinajstić information content (AvgIpc) is 2.78. The second kappa shape index (κ2) is 5.74. The van der Waals surface area contributed by atoms with Crippen LogP contribution in [0.4, 0.5) is 5.69 Å². The fourth-order valence-corrected chi connectivity index (χ4v) is 3.71. The van der Waals surface area contributed by atoms with E-state index in [9.17, 15) is 4.79 Å². The highest BCUT2D eigenvalue weighted by molar-refractivity contribution is 7.20. The maximum absolute atomic E-state index is 12.2. The Morgan fingerprint density at radius 1 is 1.25 bits per heavy atom. The van der Waals surface area contributed by atoms with Gasteiger partial charge in [0.15, 0.2) is 0 Å². The number of hydrogen-bond acceptors (Lipinski definition) is 3. The number of anilines is 1. The Bertz CT molecular complexity index is 669. The molecule has 0 atom stereocenters. The molecule has 2 heterocycles. The molecule has 3 nitrogen and oxygen atoms in total. The van der Waals surface area contributed by atoms with Gasteiger partial charge in [-0.05, 0) is 42.3 Å². The molecule has 6 heteroatoms. The molecule has 20 heavy (non-hydrogen) atoms. The SMILES string of the molecule is O=C(Nc1ccc2c(c1)CNCC2)c1cc(Cl)sc1Cl. The number of thiophene rings is 1. The molecule has 1 aromatic heterocycles. The maximum atomic E-state index is 12.2. The first kappa shape index (κ1) is 13.9. The molecule has 0 radical (unpaired) electrons. The van der Waals surface area contributed by atoms with Crippen LogP contribution in [0.3, 0.4) is 0 Å². The van der Waals surface area contributed by atoms with Crippen LogP contribution < -0.4 is 10.6 Å². The number of hydrogen-bond donors (Lipinski definition) is 2. The van der Waals surface area contributed by atoms with Gasteiger partial charge in [-0.25, -0.2) is 0 Å². The van der Waals surface area contributed by atoms with Gasteiger partial charge in [0.1, 0.15) is 4.34 Å². The van der Waals surface area contributed by atoms with E-state index in [0.29, 0.717) is 14.2 Å². The zero-order valence-corrected chi connectivity index (χ0v) is 12.8. The molecule has 1 aliphatic rings. The summed E-state index contributed by atoms with van der Waals surface area (Å²) in [6.45, 7) is 1.84. The van der Waals surface area contributed by atoms with E-state index in [0.717, 1.165) is 25.2 Å². The molecule has 0 unspecified atom stereocenters. The Labute approximate surface area is 130 Å². The molecule has 0 spiro atoms. The minimum atomic E-state index is -0.234. The van der Waals surface area contributed by atoms with Gasteiger partial charge in [0.25, 0.3) is 5.91 Å². The third-order valence-corrected chi connectivity index (χ3v) is 4.74. The Hall–Kier alpha value is -1.07. The summed E-state index contributed by atoms with van der Waals surface area (Å²) in [4.78, 5) is 12.2. The molecule has 0 aliphatic carbocycles. The number of fused-ring (bicyclic) bond motifs is 1. The van der Waals surface area contributed by atoms with Crippen LogP contribution in [0.15, 0.2) is 24.3 Å². The standard InChI is InChI=1S/C14H12Cl2N2OS/c15-12-6-11(13(16)20-12)14(19)18-10-2-1-8-3-4-17-7-9(8)5-10/h1-2,5-6,17H,3-4,7H2,(H,18,19). The Morgan fingerprint density at radius 2 is 2.10 bits per heavy atom. The van der Waals surface area contributed by atoms with Crippen molar-refractivity contribution < 1.29 is 4.79 Å². The fourth-order valence-electron chi connectivity index (χ4n) is 2.25. The number of halogens is 2. The maximum Gasteiger partial charge on any atom is 0.258 e. The molecule has 0 bridgehead atoms. The van der Waals surface area contributed by atoms with Crippen molar-refractivity contribution in [3.63, 3.8) is 0 Å². The highest BCUT2D eigenvalue weighted by atomic mass is 35.5. The van der Waals surface area contributed by atoms with Gasteiger partial charge in [0, 0.05) is 12.2 Å². The van der Waals surface area contributed by atoms with Crippen molar-refractivity contribution in [2.45, 2.75) is 13.0 Å². The van der Waals surface area contributed by atoms with E-state index in [1.54, 1.807) is 6.07 Å². The van der Waals surface area contributed by atoms with Gasteiger partial charge in [-0.3, -0.25) is 4.79 Å². The predicted molar refractivity (Wildman–Crippen MR) is 84.1 cm³/mol. The van der Waals surface area contributed by atoms with Crippen LogP contribution in [0.1, 0.15) is 21.5 Å². The number of benzene rings is 1. The molecule has 0 saturated heterocycles. The molecule has 2 aromatic rings. The number of carbonyl (C=O) groups excluding carboxylic acids is 1. The Morgan fingerprint density at radius 3 is 2.85 bits per heavy atom. The third-order valence-electron chi connectivity index (χ3n) is 3.25. The number of rotatable bonds is 2.